The predicted octanol–water partition coefficient (Wildman–Crippen LogP) is 0.644. The minimum Gasteiger partial charge on any atom is -0.468 e. The van der Waals surface area contributed by atoms with Crippen LogP contribution in [-0.2, 0) is 9.53 Å². The highest BCUT2D eigenvalue weighted by Crippen LogP contribution is 2.01. The molecule has 0 saturated carbocycles. The van der Waals surface area contributed by atoms with Crippen molar-refractivity contribution in [1.82, 2.24) is 14.4 Å². The molecule has 0 fully saturated rings. The molecule has 16 heavy (non-hydrogen) atoms. The molecular weight excluding hydrogens is 206 g/mol. The molecule has 0 amide bonds. The highest BCUT2D eigenvalue weighted by atomic mass is 16.5. The van der Waals surface area contributed by atoms with E-state index < -0.39 is 0 Å². The zero-order valence-electron chi connectivity index (χ0n) is 8.67. The maximum absolute atomic E-state index is 10.8. The van der Waals surface area contributed by atoms with Crippen molar-refractivity contribution in [3.63, 3.8) is 0 Å². The van der Waals surface area contributed by atoms with E-state index in [0.29, 0.717) is 11.5 Å². The molecule has 2 aromatic rings. The molecule has 5 nitrogen and oxygen atoms in total. The van der Waals surface area contributed by atoms with Gasteiger partial charge in [0, 0.05) is 12.4 Å². The lowest BCUT2D eigenvalue weighted by Crippen LogP contribution is -1.97. The quantitative estimate of drug-likeness (QED) is 0.517. The van der Waals surface area contributed by atoms with Gasteiger partial charge in [-0.3, -0.25) is 9.20 Å². The molecule has 0 bridgehead atoms. The number of esters is 1. The molecule has 2 aromatic heterocycles. The molecule has 0 aliphatic carbocycles. The van der Waals surface area contributed by atoms with Crippen LogP contribution in [-0.4, -0.2) is 27.4 Å². The first-order valence-electron chi connectivity index (χ1n) is 4.65. The van der Waals surface area contributed by atoms with Gasteiger partial charge in [-0.25, -0.2) is 9.97 Å². The van der Waals surface area contributed by atoms with Crippen LogP contribution in [0.15, 0.2) is 24.7 Å². The molecule has 0 aliphatic heterocycles. The Balaban J connectivity index is 2.24. The molecule has 0 aromatic carbocycles. The molecule has 0 N–H and O–H groups in total. The van der Waals surface area contributed by atoms with Crippen LogP contribution in [0.25, 0.3) is 5.78 Å². The van der Waals surface area contributed by atoms with Crippen molar-refractivity contribution in [1.29, 1.82) is 0 Å². The van der Waals surface area contributed by atoms with Crippen LogP contribution in [0.1, 0.15) is 12.1 Å². The molecule has 2 rings (SSSR count). The van der Waals surface area contributed by atoms with E-state index in [4.69, 9.17) is 0 Å². The summed E-state index contributed by atoms with van der Waals surface area (Å²) < 4.78 is 6.24. The second-order valence-corrected chi connectivity index (χ2v) is 2.99. The highest BCUT2D eigenvalue weighted by Gasteiger charge is 1.99. The Morgan fingerprint density at radius 1 is 1.56 bits per heavy atom. The second kappa shape index (κ2) is 4.45. The van der Waals surface area contributed by atoms with Crippen LogP contribution in [0.2, 0.25) is 0 Å². The third-order valence-electron chi connectivity index (χ3n) is 1.97. The maximum Gasteiger partial charge on any atom is 0.317 e. The van der Waals surface area contributed by atoms with Gasteiger partial charge < -0.3 is 4.74 Å². The van der Waals surface area contributed by atoms with Crippen molar-refractivity contribution in [2.75, 3.05) is 7.11 Å². The Kier molecular flexibility index (Phi) is 2.83. The Morgan fingerprint density at radius 2 is 2.44 bits per heavy atom. The van der Waals surface area contributed by atoms with Gasteiger partial charge in [0.25, 0.3) is 0 Å². The lowest BCUT2D eigenvalue weighted by molar-refractivity contribution is -0.139. The number of carbonyl (C=O) groups excluding carboxylic acids is 1. The summed E-state index contributed by atoms with van der Waals surface area (Å²) in [5, 5.41) is 0. The Morgan fingerprint density at radius 3 is 3.25 bits per heavy atom. The van der Waals surface area contributed by atoms with Crippen molar-refractivity contribution < 1.29 is 9.53 Å². The van der Waals surface area contributed by atoms with Gasteiger partial charge in [0.1, 0.15) is 12.1 Å². The summed E-state index contributed by atoms with van der Waals surface area (Å²) in [6.45, 7) is 0. The van der Waals surface area contributed by atoms with E-state index in [0.717, 1.165) is 0 Å². The van der Waals surface area contributed by atoms with Crippen LogP contribution < -0.4 is 0 Å². The van der Waals surface area contributed by atoms with E-state index in [-0.39, 0.29) is 12.4 Å². The van der Waals surface area contributed by atoms with E-state index >= 15 is 0 Å². The summed E-state index contributed by atoms with van der Waals surface area (Å²) in [6, 6.07) is 1.79. The van der Waals surface area contributed by atoms with Crippen molar-refractivity contribution in [3.05, 3.63) is 30.4 Å². The van der Waals surface area contributed by atoms with Crippen molar-refractivity contribution in [2.24, 2.45) is 0 Å². The number of nitrogens with zero attached hydrogens (tertiary/aromatic N) is 3. The maximum atomic E-state index is 10.8. The van der Waals surface area contributed by atoms with Gasteiger partial charge in [-0.15, -0.1) is 0 Å². The van der Waals surface area contributed by atoms with Gasteiger partial charge >= 0.3 is 5.97 Å². The van der Waals surface area contributed by atoms with Crippen LogP contribution >= 0.6 is 0 Å². The van der Waals surface area contributed by atoms with Crippen LogP contribution in [0, 0.1) is 11.8 Å². The SMILES string of the molecule is COC(=O)CC#Cc1cnc2ncccn12. The number of rotatable bonds is 1. The van der Waals surface area contributed by atoms with Gasteiger partial charge in [-0.2, -0.15) is 0 Å². The number of ether oxygens (including phenoxy) is 1. The van der Waals surface area contributed by atoms with E-state index in [1.165, 1.54) is 7.11 Å². The van der Waals surface area contributed by atoms with Gasteiger partial charge in [-0.1, -0.05) is 5.92 Å². The average Bonchev–Trinajstić information content (AvgIpc) is 2.73. The fourth-order valence-electron chi connectivity index (χ4n) is 1.20. The molecule has 0 aliphatic rings. The molecule has 2 heterocycles. The zero-order valence-corrected chi connectivity index (χ0v) is 8.67. The Bertz CT molecular complexity index is 577. The monoisotopic (exact) mass is 215 g/mol. The first kappa shape index (κ1) is 10.2. The highest BCUT2D eigenvalue weighted by molar-refractivity contribution is 5.72. The average molecular weight is 215 g/mol. The van der Waals surface area contributed by atoms with Gasteiger partial charge in [0.05, 0.1) is 13.3 Å². The van der Waals surface area contributed by atoms with E-state index in [1.807, 2.05) is 6.20 Å². The Labute approximate surface area is 92.1 Å². The number of aromatic nitrogens is 3. The number of carbonyl (C=O) groups is 1. The second-order valence-electron chi connectivity index (χ2n) is 2.99. The molecule has 0 atom stereocenters. The van der Waals surface area contributed by atoms with Crippen LogP contribution in [0.4, 0.5) is 0 Å². The fraction of sp³-hybridized carbons (Fsp3) is 0.182. The van der Waals surface area contributed by atoms with Crippen molar-refractivity contribution >= 4 is 11.7 Å². The minimum absolute atomic E-state index is 0.0734. The third kappa shape index (κ3) is 2.01. The third-order valence-corrected chi connectivity index (χ3v) is 1.97. The lowest BCUT2D eigenvalue weighted by Gasteiger charge is -1.92. The number of imidazole rings is 1. The van der Waals surface area contributed by atoms with Crippen molar-refractivity contribution in [2.45, 2.75) is 6.42 Å². The topological polar surface area (TPSA) is 56.5 Å². The molecule has 0 spiro atoms. The zero-order chi connectivity index (χ0) is 11.4. The summed E-state index contributed by atoms with van der Waals surface area (Å²) in [6.07, 6.45) is 5.17. The van der Waals surface area contributed by atoms with Gasteiger partial charge in [0.15, 0.2) is 0 Å². The first-order chi connectivity index (χ1) is 7.81. The van der Waals surface area contributed by atoms with Crippen LogP contribution in [0.3, 0.4) is 0 Å². The predicted molar refractivity (Wildman–Crippen MR) is 56.5 cm³/mol. The first-order valence-corrected chi connectivity index (χ1v) is 4.65. The summed E-state index contributed by atoms with van der Waals surface area (Å²) in [7, 11) is 1.34. The summed E-state index contributed by atoms with van der Waals surface area (Å²) >= 11 is 0. The number of fused-ring (bicyclic) bond motifs is 1. The Hall–Kier alpha value is -2.35. The molecule has 80 valence electrons. The number of hydrogen-bond donors (Lipinski definition) is 0. The molecule has 0 radical (unpaired) electrons. The van der Waals surface area contributed by atoms with E-state index in [9.17, 15) is 4.79 Å². The normalized spacial score (nSPS) is 9.56. The minimum atomic E-state index is -0.348. The molecule has 5 heteroatoms. The molecule has 0 unspecified atom stereocenters. The van der Waals surface area contributed by atoms with Crippen molar-refractivity contribution in [3.8, 4) is 11.8 Å². The smallest absolute Gasteiger partial charge is 0.317 e. The number of methoxy groups -OCH3 is 1. The fourth-order valence-corrected chi connectivity index (χ4v) is 1.20. The summed E-state index contributed by atoms with van der Waals surface area (Å²) in [4.78, 5) is 19.0. The largest absolute Gasteiger partial charge is 0.468 e. The molecule has 0 saturated heterocycles. The lowest BCUT2D eigenvalue weighted by atomic mass is 10.4. The standard InChI is InChI=1S/C11H9N3O2/c1-16-10(15)5-2-4-9-8-13-11-12-6-3-7-14(9)11/h3,6-8H,5H2,1H3. The van der Waals surface area contributed by atoms with Gasteiger partial charge in [0.2, 0.25) is 5.78 Å². The number of hydrogen-bond acceptors (Lipinski definition) is 4. The van der Waals surface area contributed by atoms with Crippen LogP contribution in [0.5, 0.6) is 0 Å². The molecular formula is C11H9N3O2. The van der Waals surface area contributed by atoms with Gasteiger partial charge in [-0.05, 0) is 12.0 Å². The summed E-state index contributed by atoms with van der Waals surface area (Å²) in [5.41, 5.74) is 0.701. The summed E-state index contributed by atoms with van der Waals surface area (Å²) in [5.74, 6) is 5.80. The van der Waals surface area contributed by atoms with E-state index in [1.54, 1.807) is 22.9 Å². The van der Waals surface area contributed by atoms with E-state index in [2.05, 4.69) is 26.5 Å².